The van der Waals surface area contributed by atoms with Crippen molar-refractivity contribution < 1.29 is 19.0 Å². The summed E-state index contributed by atoms with van der Waals surface area (Å²) in [7, 11) is 4.55. The van der Waals surface area contributed by atoms with Gasteiger partial charge in [0.25, 0.3) is 0 Å². The van der Waals surface area contributed by atoms with E-state index in [9.17, 15) is 4.79 Å². The lowest BCUT2D eigenvalue weighted by molar-refractivity contribution is -0.111. The highest BCUT2D eigenvalue weighted by atomic mass is 16.5. The van der Waals surface area contributed by atoms with Crippen molar-refractivity contribution in [3.8, 4) is 17.2 Å². The van der Waals surface area contributed by atoms with Crippen molar-refractivity contribution in [3.63, 3.8) is 0 Å². The molecule has 17 heavy (non-hydrogen) atoms. The number of nitrogens with one attached hydrogen (secondary N) is 1. The SMILES string of the molecule is C=CC(=O)Nc1cc(OC)c(OC)cc1OC. The van der Waals surface area contributed by atoms with Crippen molar-refractivity contribution in [2.24, 2.45) is 0 Å². The van der Waals surface area contributed by atoms with Crippen LogP contribution in [0.2, 0.25) is 0 Å². The van der Waals surface area contributed by atoms with Crippen LogP contribution in [0.25, 0.3) is 0 Å². The summed E-state index contributed by atoms with van der Waals surface area (Å²) in [6.07, 6.45) is 1.18. The molecular formula is C12H15NO4. The lowest BCUT2D eigenvalue weighted by Crippen LogP contribution is -2.09. The first-order valence-electron chi connectivity index (χ1n) is 4.89. The Morgan fingerprint density at radius 3 is 2.12 bits per heavy atom. The summed E-state index contributed by atoms with van der Waals surface area (Å²) in [5.41, 5.74) is 0.495. The second-order valence-electron chi connectivity index (χ2n) is 3.10. The van der Waals surface area contributed by atoms with Crippen LogP contribution >= 0.6 is 0 Å². The Morgan fingerprint density at radius 1 is 1.12 bits per heavy atom. The number of carbonyl (C=O) groups excluding carboxylic acids is 1. The smallest absolute Gasteiger partial charge is 0.247 e. The lowest BCUT2D eigenvalue weighted by atomic mass is 10.2. The molecule has 0 saturated carbocycles. The Balaban J connectivity index is 3.18. The molecule has 5 heteroatoms. The molecule has 1 N–H and O–H groups in total. The number of rotatable bonds is 5. The van der Waals surface area contributed by atoms with E-state index in [4.69, 9.17) is 14.2 Å². The van der Waals surface area contributed by atoms with Crippen LogP contribution in [0.15, 0.2) is 24.8 Å². The van der Waals surface area contributed by atoms with Crippen molar-refractivity contribution in [3.05, 3.63) is 24.8 Å². The van der Waals surface area contributed by atoms with Crippen molar-refractivity contribution in [1.29, 1.82) is 0 Å². The summed E-state index contributed by atoms with van der Waals surface area (Å²) in [6, 6.07) is 3.26. The molecule has 0 radical (unpaired) electrons. The standard InChI is InChI=1S/C12H15NO4/c1-5-12(14)13-8-6-10(16-3)11(17-4)7-9(8)15-2/h5-7H,1H2,2-4H3,(H,13,14). The van der Waals surface area contributed by atoms with Gasteiger partial charge in [0, 0.05) is 12.1 Å². The molecule has 92 valence electrons. The van der Waals surface area contributed by atoms with Crippen molar-refractivity contribution in [2.45, 2.75) is 0 Å². The molecule has 0 bridgehead atoms. The average molecular weight is 237 g/mol. The van der Waals surface area contributed by atoms with Crippen molar-refractivity contribution >= 4 is 11.6 Å². The Bertz CT molecular complexity index is 429. The third-order valence-corrected chi connectivity index (χ3v) is 2.15. The van der Waals surface area contributed by atoms with E-state index in [1.807, 2.05) is 0 Å². The molecule has 0 heterocycles. The quantitative estimate of drug-likeness (QED) is 0.794. The number of amides is 1. The maximum Gasteiger partial charge on any atom is 0.247 e. The zero-order valence-corrected chi connectivity index (χ0v) is 10.1. The first-order valence-corrected chi connectivity index (χ1v) is 4.89. The summed E-state index contributed by atoms with van der Waals surface area (Å²) in [5.74, 6) is 1.20. The predicted octanol–water partition coefficient (Wildman–Crippen LogP) is 1.84. The topological polar surface area (TPSA) is 56.8 Å². The summed E-state index contributed by atoms with van der Waals surface area (Å²) in [5, 5.41) is 2.62. The van der Waals surface area contributed by atoms with E-state index >= 15 is 0 Å². The van der Waals surface area contributed by atoms with Crippen molar-refractivity contribution in [2.75, 3.05) is 26.6 Å². The van der Waals surface area contributed by atoms with E-state index in [0.29, 0.717) is 22.9 Å². The van der Waals surface area contributed by atoms with Crippen LogP contribution in [0.1, 0.15) is 0 Å². The number of hydrogen-bond acceptors (Lipinski definition) is 4. The number of benzene rings is 1. The van der Waals surface area contributed by atoms with Gasteiger partial charge in [-0.3, -0.25) is 4.79 Å². The Labute approximate surface area is 100.0 Å². The van der Waals surface area contributed by atoms with E-state index in [1.165, 1.54) is 27.4 Å². The molecule has 1 rings (SSSR count). The van der Waals surface area contributed by atoms with E-state index in [-0.39, 0.29) is 5.91 Å². The summed E-state index contributed by atoms with van der Waals surface area (Å²) in [6.45, 7) is 3.38. The molecule has 5 nitrogen and oxygen atoms in total. The fourth-order valence-corrected chi connectivity index (χ4v) is 1.31. The zero-order chi connectivity index (χ0) is 12.8. The minimum Gasteiger partial charge on any atom is -0.494 e. The van der Waals surface area contributed by atoms with Crippen LogP contribution in [0.3, 0.4) is 0 Å². The molecule has 1 amide bonds. The largest absolute Gasteiger partial charge is 0.494 e. The molecule has 0 aromatic heterocycles. The Hall–Kier alpha value is -2.17. The molecule has 0 aliphatic rings. The van der Waals surface area contributed by atoms with Gasteiger partial charge in [0.1, 0.15) is 5.75 Å². The average Bonchev–Trinajstić information content (AvgIpc) is 2.37. The summed E-state index contributed by atoms with van der Waals surface area (Å²) < 4.78 is 15.4. The number of carbonyl (C=O) groups is 1. The highest BCUT2D eigenvalue weighted by Crippen LogP contribution is 2.37. The second kappa shape index (κ2) is 5.79. The summed E-state index contributed by atoms with van der Waals surface area (Å²) >= 11 is 0. The molecule has 0 unspecified atom stereocenters. The van der Waals surface area contributed by atoms with Crippen LogP contribution in [-0.4, -0.2) is 27.2 Å². The van der Waals surface area contributed by atoms with Gasteiger partial charge in [-0.2, -0.15) is 0 Å². The normalized spacial score (nSPS) is 9.35. The van der Waals surface area contributed by atoms with Gasteiger partial charge < -0.3 is 19.5 Å². The molecule has 0 saturated heterocycles. The van der Waals surface area contributed by atoms with Crippen LogP contribution in [0, 0.1) is 0 Å². The zero-order valence-electron chi connectivity index (χ0n) is 10.1. The fourth-order valence-electron chi connectivity index (χ4n) is 1.31. The monoisotopic (exact) mass is 237 g/mol. The second-order valence-corrected chi connectivity index (χ2v) is 3.10. The van der Waals surface area contributed by atoms with Gasteiger partial charge in [-0.05, 0) is 6.08 Å². The van der Waals surface area contributed by atoms with Gasteiger partial charge in [0.05, 0.1) is 27.0 Å². The lowest BCUT2D eigenvalue weighted by Gasteiger charge is -2.14. The first-order chi connectivity index (χ1) is 8.15. The molecule has 1 aromatic carbocycles. The van der Waals surface area contributed by atoms with E-state index < -0.39 is 0 Å². The van der Waals surface area contributed by atoms with Gasteiger partial charge in [0.2, 0.25) is 5.91 Å². The van der Waals surface area contributed by atoms with Crippen LogP contribution in [-0.2, 0) is 4.79 Å². The van der Waals surface area contributed by atoms with Crippen LogP contribution in [0.5, 0.6) is 17.2 Å². The minimum atomic E-state index is -0.324. The number of ether oxygens (including phenoxy) is 3. The van der Waals surface area contributed by atoms with Crippen LogP contribution < -0.4 is 19.5 Å². The number of anilines is 1. The Morgan fingerprint density at radius 2 is 1.65 bits per heavy atom. The minimum absolute atomic E-state index is 0.324. The highest BCUT2D eigenvalue weighted by Gasteiger charge is 2.12. The maximum absolute atomic E-state index is 11.2. The van der Waals surface area contributed by atoms with E-state index in [1.54, 1.807) is 12.1 Å². The maximum atomic E-state index is 11.2. The van der Waals surface area contributed by atoms with Gasteiger partial charge in [0.15, 0.2) is 11.5 Å². The first kappa shape index (κ1) is 12.9. The van der Waals surface area contributed by atoms with E-state index in [0.717, 1.165) is 0 Å². The predicted molar refractivity (Wildman–Crippen MR) is 64.9 cm³/mol. The van der Waals surface area contributed by atoms with Crippen LogP contribution in [0.4, 0.5) is 5.69 Å². The van der Waals surface area contributed by atoms with Crippen molar-refractivity contribution in [1.82, 2.24) is 0 Å². The third-order valence-electron chi connectivity index (χ3n) is 2.15. The third kappa shape index (κ3) is 2.90. The van der Waals surface area contributed by atoms with E-state index in [2.05, 4.69) is 11.9 Å². The van der Waals surface area contributed by atoms with Gasteiger partial charge in [-0.25, -0.2) is 0 Å². The summed E-state index contributed by atoms with van der Waals surface area (Å²) in [4.78, 5) is 11.2. The number of methoxy groups -OCH3 is 3. The molecular weight excluding hydrogens is 222 g/mol. The molecule has 0 aliphatic carbocycles. The number of hydrogen-bond donors (Lipinski definition) is 1. The fraction of sp³-hybridized carbons (Fsp3) is 0.250. The highest BCUT2D eigenvalue weighted by molar-refractivity contribution is 6.00. The molecule has 1 aromatic rings. The van der Waals surface area contributed by atoms with Gasteiger partial charge in [-0.1, -0.05) is 6.58 Å². The molecule has 0 aliphatic heterocycles. The Kier molecular flexibility index (Phi) is 4.39. The molecule has 0 spiro atoms. The van der Waals surface area contributed by atoms with Gasteiger partial charge >= 0.3 is 0 Å². The molecule has 0 fully saturated rings. The molecule has 0 atom stereocenters. The van der Waals surface area contributed by atoms with Gasteiger partial charge in [-0.15, -0.1) is 0 Å².